The van der Waals surface area contributed by atoms with Crippen LogP contribution in [0.15, 0.2) is 30.3 Å². The average Bonchev–Trinajstić information content (AvgIpc) is 2.85. The van der Waals surface area contributed by atoms with E-state index < -0.39 is 13.5 Å². The molecule has 0 bridgehead atoms. The number of halogens is 2. The molecule has 0 unspecified atom stereocenters. The first-order chi connectivity index (χ1) is 16.1. The van der Waals surface area contributed by atoms with Gasteiger partial charge in [-0.1, -0.05) is 65.7 Å². The summed E-state index contributed by atoms with van der Waals surface area (Å²) in [4.78, 5) is 0. The van der Waals surface area contributed by atoms with Crippen molar-refractivity contribution in [3.63, 3.8) is 0 Å². The topological polar surface area (TPSA) is 9.23 Å². The van der Waals surface area contributed by atoms with Gasteiger partial charge in [0, 0.05) is 0 Å². The molecule has 0 radical (unpaired) electrons. The molecule has 3 aliphatic carbocycles. The molecule has 0 atom stereocenters. The fraction of sp³-hybridized carbons (Fsp3) is 0.750. The molecular weight excluding hydrogens is 555 g/mol. The Hall–Kier alpha value is 0.683. The van der Waals surface area contributed by atoms with Crippen LogP contribution in [-0.2, 0) is 18.3 Å². The zero-order valence-electron chi connectivity index (χ0n) is 20.8. The van der Waals surface area contributed by atoms with Crippen LogP contribution >= 0.6 is 27.3 Å². The molecule has 190 valence electrons. The quantitative estimate of drug-likeness (QED) is 0.233. The summed E-state index contributed by atoms with van der Waals surface area (Å²) in [5.41, 5.74) is 4.56. The number of ether oxygens (including phenoxy) is 1. The van der Waals surface area contributed by atoms with Crippen molar-refractivity contribution in [1.29, 1.82) is 0 Å². The Morgan fingerprint density at radius 1 is 0.727 bits per heavy atom. The van der Waals surface area contributed by atoms with E-state index in [1.165, 1.54) is 36.2 Å². The van der Waals surface area contributed by atoms with Crippen LogP contribution in [0.1, 0.15) is 116 Å². The van der Waals surface area contributed by atoms with Crippen LogP contribution in [0, 0.1) is 0 Å². The van der Waals surface area contributed by atoms with Gasteiger partial charge in [-0.2, -0.15) is 0 Å². The number of benzene rings is 1. The van der Waals surface area contributed by atoms with Crippen molar-refractivity contribution >= 4 is 31.6 Å². The SMILES string of the molecule is C1CCC(P(C2CCCCC2)C2CCCCC2)CC1.CC(C)O[C](c1ccccc1)=[Ru]([Cl])[Cl]. The monoisotopic (exact) mass is 600 g/mol. The summed E-state index contributed by atoms with van der Waals surface area (Å²) in [6, 6.07) is 9.78. The van der Waals surface area contributed by atoms with E-state index in [1.54, 1.807) is 77.0 Å². The summed E-state index contributed by atoms with van der Waals surface area (Å²) in [6.07, 6.45) is 23.7. The van der Waals surface area contributed by atoms with E-state index in [2.05, 4.69) is 0 Å². The van der Waals surface area contributed by atoms with Crippen molar-refractivity contribution in [2.45, 2.75) is 133 Å². The molecule has 0 aromatic heterocycles. The standard InChI is InChI=1S/C18H33P.C10H12O.2ClH.Ru/c1-4-10-16(11-5-1)19(17-12-6-2-7-13-17)18-14-8-3-9-15-18;1-9(2)11-8-10-6-4-3-5-7-10;;;/h16-18H,1-15H2;3-7,9H,1-2H3;2*1H;/q;;;;+2/p-2. The molecule has 5 heteroatoms. The van der Waals surface area contributed by atoms with Crippen LogP contribution in [0.25, 0.3) is 0 Å². The van der Waals surface area contributed by atoms with E-state index >= 15 is 0 Å². The van der Waals surface area contributed by atoms with Crippen LogP contribution in [0.5, 0.6) is 0 Å². The summed E-state index contributed by atoms with van der Waals surface area (Å²) < 4.78 is 6.37. The van der Waals surface area contributed by atoms with Gasteiger partial charge in [-0.05, 0) is 55.5 Å². The molecule has 0 spiro atoms. The molecule has 1 aromatic rings. The van der Waals surface area contributed by atoms with Crippen molar-refractivity contribution < 1.29 is 18.3 Å². The molecule has 1 nitrogen and oxygen atoms in total. The van der Waals surface area contributed by atoms with E-state index in [9.17, 15) is 0 Å². The molecule has 33 heavy (non-hydrogen) atoms. The zero-order chi connectivity index (χ0) is 23.5. The third kappa shape index (κ3) is 9.58. The number of hydrogen-bond acceptors (Lipinski definition) is 1. The van der Waals surface area contributed by atoms with Crippen molar-refractivity contribution in [1.82, 2.24) is 0 Å². The second-order valence-corrected chi connectivity index (χ2v) is 19.1. The van der Waals surface area contributed by atoms with Crippen molar-refractivity contribution in [3.05, 3.63) is 35.9 Å². The van der Waals surface area contributed by atoms with Crippen LogP contribution < -0.4 is 0 Å². The van der Waals surface area contributed by atoms with Gasteiger partial charge in [0.1, 0.15) is 0 Å². The predicted octanol–water partition coefficient (Wildman–Crippen LogP) is 9.98. The summed E-state index contributed by atoms with van der Waals surface area (Å²) in [5.74, 6) is 0. The van der Waals surface area contributed by atoms with Gasteiger partial charge < -0.3 is 0 Å². The minimum absolute atomic E-state index is 0.110. The Morgan fingerprint density at radius 3 is 1.45 bits per heavy atom. The van der Waals surface area contributed by atoms with Gasteiger partial charge in [0.25, 0.3) is 0 Å². The molecule has 0 N–H and O–H groups in total. The van der Waals surface area contributed by atoms with Gasteiger partial charge in [0.05, 0.1) is 0 Å². The second-order valence-electron chi connectivity index (χ2n) is 10.3. The van der Waals surface area contributed by atoms with E-state index in [-0.39, 0.29) is 6.10 Å². The van der Waals surface area contributed by atoms with Gasteiger partial charge in [-0.25, -0.2) is 0 Å². The maximum absolute atomic E-state index is 5.97. The fourth-order valence-corrected chi connectivity index (χ4v) is 13.2. The first kappa shape index (κ1) is 28.3. The first-order valence-electron chi connectivity index (χ1n) is 13.4. The van der Waals surface area contributed by atoms with Gasteiger partial charge in [-0.3, -0.25) is 0 Å². The van der Waals surface area contributed by atoms with Crippen LogP contribution in [-0.4, -0.2) is 27.4 Å². The molecule has 0 saturated heterocycles. The Kier molecular flexibility index (Phi) is 13.5. The summed E-state index contributed by atoms with van der Waals surface area (Å²) in [5, 5.41) is 0. The third-order valence-electron chi connectivity index (χ3n) is 7.44. The average molecular weight is 601 g/mol. The molecular formula is C28H45Cl2OPRu. The Balaban J connectivity index is 0.000000196. The van der Waals surface area contributed by atoms with Gasteiger partial charge in [-0.15, -0.1) is 0 Å². The van der Waals surface area contributed by atoms with Crippen molar-refractivity contribution in [2.75, 3.05) is 0 Å². The molecule has 0 heterocycles. The second kappa shape index (κ2) is 15.7. The van der Waals surface area contributed by atoms with Gasteiger partial charge in [0.15, 0.2) is 0 Å². The van der Waals surface area contributed by atoms with E-state index in [0.717, 1.165) is 9.86 Å². The molecule has 0 aliphatic heterocycles. The minimum atomic E-state index is -1.97. The summed E-state index contributed by atoms with van der Waals surface area (Å²) in [6.45, 7) is 3.93. The van der Waals surface area contributed by atoms with E-state index in [0.29, 0.717) is 7.92 Å². The zero-order valence-corrected chi connectivity index (χ0v) is 24.9. The predicted molar refractivity (Wildman–Crippen MR) is 146 cm³/mol. The van der Waals surface area contributed by atoms with Crippen LogP contribution in [0.4, 0.5) is 0 Å². The third-order valence-corrected chi connectivity index (χ3v) is 14.3. The molecule has 3 aliphatic rings. The van der Waals surface area contributed by atoms with Gasteiger partial charge in [0.2, 0.25) is 0 Å². The number of hydrogen-bond donors (Lipinski definition) is 0. The molecule has 0 amide bonds. The molecule has 1 aromatic carbocycles. The molecule has 3 fully saturated rings. The normalized spacial score (nSPS) is 21.6. The number of rotatable bonds is 6. The Labute approximate surface area is 218 Å². The van der Waals surface area contributed by atoms with E-state index in [1.807, 2.05) is 44.2 Å². The summed E-state index contributed by atoms with van der Waals surface area (Å²) in [7, 11) is 12.3. The molecule has 3 saturated carbocycles. The van der Waals surface area contributed by atoms with E-state index in [4.69, 9.17) is 24.1 Å². The van der Waals surface area contributed by atoms with Crippen molar-refractivity contribution in [2.24, 2.45) is 0 Å². The Bertz CT molecular complexity index is 646. The summed E-state index contributed by atoms with van der Waals surface area (Å²) >= 11 is -1.97. The first-order valence-corrected chi connectivity index (χ1v) is 20.3. The fourth-order valence-electron chi connectivity index (χ4n) is 5.97. The van der Waals surface area contributed by atoms with Gasteiger partial charge >= 0.3 is 97.8 Å². The maximum atomic E-state index is 5.97. The van der Waals surface area contributed by atoms with Crippen molar-refractivity contribution in [3.8, 4) is 0 Å². The van der Waals surface area contributed by atoms with Crippen LogP contribution in [0.3, 0.4) is 0 Å². The molecule has 4 rings (SSSR count). The Morgan fingerprint density at radius 2 is 1.12 bits per heavy atom. The van der Waals surface area contributed by atoms with Crippen LogP contribution in [0.2, 0.25) is 0 Å².